The van der Waals surface area contributed by atoms with Crippen molar-refractivity contribution in [1.82, 2.24) is 9.80 Å². The number of likely N-dealkylation sites (N-methyl/N-ethyl adjacent to an activating group) is 2. The first-order valence-electron chi connectivity index (χ1n) is 7.10. The molecule has 0 heterocycles. The molecule has 3 nitrogen and oxygen atoms in total. The van der Waals surface area contributed by atoms with Gasteiger partial charge in [-0.05, 0) is 32.0 Å². The third-order valence-corrected chi connectivity index (χ3v) is 3.68. The van der Waals surface area contributed by atoms with Crippen LogP contribution in [0.4, 0.5) is 0 Å². The average molecular weight is 299 g/mol. The van der Waals surface area contributed by atoms with Gasteiger partial charge in [0, 0.05) is 13.1 Å². The fourth-order valence-corrected chi connectivity index (χ4v) is 2.09. The molecule has 0 saturated heterocycles. The molecule has 1 rings (SSSR count). The Morgan fingerprint density at radius 2 is 1.70 bits per heavy atom. The number of carbonyl (C=O) groups is 1. The van der Waals surface area contributed by atoms with Crippen molar-refractivity contribution < 1.29 is 4.79 Å². The SMILES string of the molecule is CCN(CC)CC(=O)N(C)C(C)Cc1ccccc1.Cl. The summed E-state index contributed by atoms with van der Waals surface area (Å²) < 4.78 is 0. The van der Waals surface area contributed by atoms with Crippen molar-refractivity contribution in [3.8, 4) is 0 Å². The van der Waals surface area contributed by atoms with E-state index in [0.717, 1.165) is 19.5 Å². The Hall–Kier alpha value is -1.06. The lowest BCUT2D eigenvalue weighted by molar-refractivity contribution is -0.132. The van der Waals surface area contributed by atoms with Crippen LogP contribution >= 0.6 is 12.4 Å². The maximum Gasteiger partial charge on any atom is 0.236 e. The molecule has 1 amide bonds. The molecule has 4 heteroatoms. The standard InChI is InChI=1S/C16H26N2O.ClH/c1-5-18(6-2)13-16(19)17(4)14(3)12-15-10-8-7-9-11-15;/h7-11,14H,5-6,12-13H2,1-4H3;1H. The Morgan fingerprint density at radius 1 is 1.15 bits per heavy atom. The first-order chi connectivity index (χ1) is 9.08. The zero-order valence-electron chi connectivity index (χ0n) is 13.0. The van der Waals surface area contributed by atoms with E-state index in [0.29, 0.717) is 6.54 Å². The van der Waals surface area contributed by atoms with Crippen molar-refractivity contribution in [2.45, 2.75) is 33.2 Å². The highest BCUT2D eigenvalue weighted by Gasteiger charge is 2.17. The van der Waals surface area contributed by atoms with E-state index in [1.54, 1.807) is 0 Å². The number of nitrogens with zero attached hydrogens (tertiary/aromatic N) is 2. The fourth-order valence-electron chi connectivity index (χ4n) is 2.09. The zero-order chi connectivity index (χ0) is 14.3. The molecule has 0 radical (unpaired) electrons. The molecule has 1 unspecified atom stereocenters. The Kier molecular flexibility index (Phi) is 9.26. The number of benzene rings is 1. The van der Waals surface area contributed by atoms with Crippen molar-refractivity contribution in [1.29, 1.82) is 0 Å². The summed E-state index contributed by atoms with van der Waals surface area (Å²) in [5, 5.41) is 0. The van der Waals surface area contributed by atoms with Crippen molar-refractivity contribution >= 4 is 18.3 Å². The van der Waals surface area contributed by atoms with Crippen LogP contribution in [0.15, 0.2) is 30.3 Å². The second-order valence-corrected chi connectivity index (χ2v) is 5.00. The van der Waals surface area contributed by atoms with E-state index in [-0.39, 0.29) is 24.4 Å². The van der Waals surface area contributed by atoms with Gasteiger partial charge in [-0.15, -0.1) is 12.4 Å². The molecule has 0 aromatic heterocycles. The van der Waals surface area contributed by atoms with E-state index < -0.39 is 0 Å². The number of amides is 1. The molecule has 1 atom stereocenters. The monoisotopic (exact) mass is 298 g/mol. The van der Waals surface area contributed by atoms with Crippen LogP contribution in [0.2, 0.25) is 0 Å². The minimum Gasteiger partial charge on any atom is -0.342 e. The van der Waals surface area contributed by atoms with Crippen LogP contribution in [0.1, 0.15) is 26.3 Å². The van der Waals surface area contributed by atoms with E-state index in [2.05, 4.69) is 37.8 Å². The fraction of sp³-hybridized carbons (Fsp3) is 0.562. The molecule has 0 bridgehead atoms. The number of rotatable bonds is 7. The van der Waals surface area contributed by atoms with E-state index in [4.69, 9.17) is 0 Å². The Labute approximate surface area is 129 Å². The normalized spacial score (nSPS) is 11.8. The van der Waals surface area contributed by atoms with Gasteiger partial charge in [-0.25, -0.2) is 0 Å². The highest BCUT2D eigenvalue weighted by molar-refractivity contribution is 5.85. The van der Waals surface area contributed by atoms with Crippen molar-refractivity contribution in [2.24, 2.45) is 0 Å². The first-order valence-corrected chi connectivity index (χ1v) is 7.10. The molecule has 114 valence electrons. The topological polar surface area (TPSA) is 23.6 Å². The molecule has 0 aliphatic rings. The Morgan fingerprint density at radius 3 is 2.20 bits per heavy atom. The summed E-state index contributed by atoms with van der Waals surface area (Å²) in [6.07, 6.45) is 0.904. The zero-order valence-corrected chi connectivity index (χ0v) is 13.8. The summed E-state index contributed by atoms with van der Waals surface area (Å²) in [6, 6.07) is 10.5. The van der Waals surface area contributed by atoms with Crippen LogP contribution < -0.4 is 0 Å². The summed E-state index contributed by atoms with van der Waals surface area (Å²) in [5.41, 5.74) is 1.28. The minimum absolute atomic E-state index is 0. The molecular weight excluding hydrogens is 272 g/mol. The molecule has 0 fully saturated rings. The smallest absolute Gasteiger partial charge is 0.236 e. The number of carbonyl (C=O) groups excluding carboxylic acids is 1. The third-order valence-electron chi connectivity index (χ3n) is 3.68. The summed E-state index contributed by atoms with van der Waals surface area (Å²) in [5.74, 6) is 0.201. The maximum atomic E-state index is 12.2. The van der Waals surface area contributed by atoms with Crippen LogP contribution in [-0.4, -0.2) is 48.4 Å². The van der Waals surface area contributed by atoms with Crippen molar-refractivity contribution in [3.05, 3.63) is 35.9 Å². The van der Waals surface area contributed by atoms with Gasteiger partial charge in [-0.1, -0.05) is 44.2 Å². The number of hydrogen-bond acceptors (Lipinski definition) is 2. The molecule has 20 heavy (non-hydrogen) atoms. The lowest BCUT2D eigenvalue weighted by Crippen LogP contribution is -2.43. The van der Waals surface area contributed by atoms with Gasteiger partial charge in [0.05, 0.1) is 6.54 Å². The van der Waals surface area contributed by atoms with Gasteiger partial charge < -0.3 is 4.90 Å². The summed E-state index contributed by atoms with van der Waals surface area (Å²) in [7, 11) is 1.90. The van der Waals surface area contributed by atoms with Crippen molar-refractivity contribution in [3.63, 3.8) is 0 Å². The Bertz CT molecular complexity index is 379. The molecule has 0 aliphatic carbocycles. The predicted octanol–water partition coefficient (Wildman–Crippen LogP) is 2.84. The third kappa shape index (κ3) is 5.93. The van der Waals surface area contributed by atoms with E-state index in [9.17, 15) is 4.79 Å². The number of halogens is 1. The van der Waals surface area contributed by atoms with Crippen LogP contribution in [0.25, 0.3) is 0 Å². The summed E-state index contributed by atoms with van der Waals surface area (Å²) >= 11 is 0. The molecular formula is C16H27ClN2O. The van der Waals surface area contributed by atoms with Crippen LogP contribution in [0.5, 0.6) is 0 Å². The summed E-state index contributed by atoms with van der Waals surface area (Å²) in [4.78, 5) is 16.2. The molecule has 0 N–H and O–H groups in total. The van der Waals surface area contributed by atoms with Gasteiger partial charge in [0.15, 0.2) is 0 Å². The molecule has 1 aromatic rings. The highest BCUT2D eigenvalue weighted by Crippen LogP contribution is 2.08. The van der Waals surface area contributed by atoms with Crippen LogP contribution in [0.3, 0.4) is 0 Å². The quantitative estimate of drug-likeness (QED) is 0.773. The maximum absolute atomic E-state index is 12.2. The van der Waals surface area contributed by atoms with Crippen LogP contribution in [-0.2, 0) is 11.2 Å². The van der Waals surface area contributed by atoms with Gasteiger partial charge in [0.1, 0.15) is 0 Å². The molecule has 0 saturated carbocycles. The first kappa shape index (κ1) is 18.9. The van der Waals surface area contributed by atoms with Gasteiger partial charge in [0.2, 0.25) is 5.91 Å². The second-order valence-electron chi connectivity index (χ2n) is 5.00. The highest BCUT2D eigenvalue weighted by atomic mass is 35.5. The molecule has 1 aromatic carbocycles. The van der Waals surface area contributed by atoms with Gasteiger partial charge in [-0.2, -0.15) is 0 Å². The molecule has 0 spiro atoms. The van der Waals surface area contributed by atoms with E-state index in [1.165, 1.54) is 5.56 Å². The summed E-state index contributed by atoms with van der Waals surface area (Å²) in [6.45, 7) is 8.64. The van der Waals surface area contributed by atoms with Crippen molar-refractivity contribution in [2.75, 3.05) is 26.7 Å². The van der Waals surface area contributed by atoms with E-state index >= 15 is 0 Å². The Balaban J connectivity index is 0.00000361. The van der Waals surface area contributed by atoms with Gasteiger partial charge >= 0.3 is 0 Å². The van der Waals surface area contributed by atoms with Gasteiger partial charge in [0.25, 0.3) is 0 Å². The van der Waals surface area contributed by atoms with Gasteiger partial charge in [-0.3, -0.25) is 9.69 Å². The largest absolute Gasteiger partial charge is 0.342 e. The van der Waals surface area contributed by atoms with E-state index in [1.807, 2.05) is 30.1 Å². The average Bonchev–Trinajstić information content (AvgIpc) is 2.44. The molecule has 0 aliphatic heterocycles. The van der Waals surface area contributed by atoms with Crippen LogP contribution in [0, 0.1) is 0 Å². The number of hydrogen-bond donors (Lipinski definition) is 0. The predicted molar refractivity (Wildman–Crippen MR) is 87.4 cm³/mol. The second kappa shape index (κ2) is 9.78. The lowest BCUT2D eigenvalue weighted by Gasteiger charge is -2.28. The lowest BCUT2D eigenvalue weighted by atomic mass is 10.1. The minimum atomic E-state index is 0.